The lowest BCUT2D eigenvalue weighted by atomic mass is 10.3. The Labute approximate surface area is 166 Å². The lowest BCUT2D eigenvalue weighted by molar-refractivity contribution is 0.00409. The number of ether oxygens (including phenoxy) is 4. The summed E-state index contributed by atoms with van der Waals surface area (Å²) in [5, 5.41) is 20.4. The van der Waals surface area contributed by atoms with Crippen LogP contribution in [0.4, 0.5) is 0 Å². The number of benzene rings is 1. The average Bonchev–Trinajstić information content (AvgIpc) is 2.73. The number of rotatable bonds is 10. The van der Waals surface area contributed by atoms with Gasteiger partial charge >= 0.3 is 0 Å². The summed E-state index contributed by atoms with van der Waals surface area (Å²) in [6.45, 7) is 7.81. The van der Waals surface area contributed by atoms with E-state index < -0.39 is 12.2 Å². The minimum atomic E-state index is -0.557. The molecule has 3 rings (SSSR count). The smallest absolute Gasteiger partial charge is 0.123 e. The fraction of sp³-hybridized carbons (Fsp3) is 0.700. The Hall–Kier alpha value is -1.42. The summed E-state index contributed by atoms with van der Waals surface area (Å²) >= 11 is 0. The van der Waals surface area contributed by atoms with Gasteiger partial charge in [-0.15, -0.1) is 0 Å². The Morgan fingerprint density at radius 3 is 1.64 bits per heavy atom. The summed E-state index contributed by atoms with van der Waals surface area (Å²) in [5.41, 5.74) is 0. The molecule has 0 saturated carbocycles. The topological polar surface area (TPSA) is 83.9 Å². The molecular formula is C20H32N2O6. The van der Waals surface area contributed by atoms with E-state index in [1.807, 2.05) is 18.2 Å². The second-order valence-electron chi connectivity index (χ2n) is 7.23. The van der Waals surface area contributed by atoms with Crippen LogP contribution in [0.15, 0.2) is 24.3 Å². The Bertz CT molecular complexity index is 518. The van der Waals surface area contributed by atoms with E-state index in [4.69, 9.17) is 18.9 Å². The maximum atomic E-state index is 10.2. The molecule has 1 aromatic carbocycles. The van der Waals surface area contributed by atoms with Crippen molar-refractivity contribution in [2.75, 3.05) is 78.9 Å². The number of aliphatic hydroxyl groups excluding tert-OH is 2. The maximum Gasteiger partial charge on any atom is 0.123 e. The summed E-state index contributed by atoms with van der Waals surface area (Å²) in [4.78, 5) is 4.35. The first-order valence-electron chi connectivity index (χ1n) is 10.0. The van der Waals surface area contributed by atoms with E-state index in [1.165, 1.54) is 0 Å². The van der Waals surface area contributed by atoms with Gasteiger partial charge < -0.3 is 29.2 Å². The first kappa shape index (κ1) is 21.3. The van der Waals surface area contributed by atoms with Gasteiger partial charge in [0.2, 0.25) is 0 Å². The van der Waals surface area contributed by atoms with Crippen LogP contribution in [0.2, 0.25) is 0 Å². The molecule has 0 radical (unpaired) electrons. The quantitative estimate of drug-likeness (QED) is 0.564. The van der Waals surface area contributed by atoms with Gasteiger partial charge in [-0.1, -0.05) is 6.07 Å². The molecule has 28 heavy (non-hydrogen) atoms. The first-order chi connectivity index (χ1) is 13.7. The number of nitrogens with zero attached hydrogens (tertiary/aromatic N) is 2. The molecule has 2 atom stereocenters. The van der Waals surface area contributed by atoms with Gasteiger partial charge in [0.1, 0.15) is 36.9 Å². The van der Waals surface area contributed by atoms with E-state index in [1.54, 1.807) is 6.07 Å². The summed E-state index contributed by atoms with van der Waals surface area (Å²) in [7, 11) is 0. The van der Waals surface area contributed by atoms with Crippen molar-refractivity contribution in [1.29, 1.82) is 0 Å². The van der Waals surface area contributed by atoms with Gasteiger partial charge in [-0.3, -0.25) is 9.80 Å². The molecule has 0 aromatic heterocycles. The van der Waals surface area contributed by atoms with E-state index in [9.17, 15) is 10.2 Å². The first-order valence-corrected chi connectivity index (χ1v) is 10.0. The monoisotopic (exact) mass is 396 g/mol. The molecule has 8 nitrogen and oxygen atoms in total. The van der Waals surface area contributed by atoms with Crippen LogP contribution < -0.4 is 9.47 Å². The number of hydrogen-bond acceptors (Lipinski definition) is 8. The highest BCUT2D eigenvalue weighted by Crippen LogP contribution is 2.20. The van der Waals surface area contributed by atoms with Crippen molar-refractivity contribution in [2.24, 2.45) is 0 Å². The number of morpholine rings is 2. The van der Waals surface area contributed by atoms with E-state index in [0.29, 0.717) is 51.0 Å². The van der Waals surface area contributed by atoms with Crippen LogP contribution in [0.25, 0.3) is 0 Å². The number of aliphatic hydroxyl groups is 2. The molecule has 2 saturated heterocycles. The van der Waals surface area contributed by atoms with Crippen molar-refractivity contribution < 1.29 is 29.2 Å². The van der Waals surface area contributed by atoms with Crippen molar-refractivity contribution in [2.45, 2.75) is 12.2 Å². The molecule has 2 N–H and O–H groups in total. The molecule has 158 valence electrons. The molecule has 0 aliphatic carbocycles. The van der Waals surface area contributed by atoms with Crippen molar-refractivity contribution in [3.05, 3.63) is 24.3 Å². The SMILES string of the molecule is O[C@H](COc1cccc(OC[C@@H](O)CN2CCOCC2)c1)CN1CCOCC1. The third kappa shape index (κ3) is 7.54. The maximum absolute atomic E-state index is 10.2. The Kier molecular flexibility index (Phi) is 8.78. The lowest BCUT2D eigenvalue weighted by Gasteiger charge is -2.28. The fourth-order valence-electron chi connectivity index (χ4n) is 3.31. The van der Waals surface area contributed by atoms with Crippen LogP contribution in [0, 0.1) is 0 Å². The Balaban J connectivity index is 1.36. The van der Waals surface area contributed by atoms with Crippen molar-refractivity contribution >= 4 is 0 Å². The molecule has 0 bridgehead atoms. The fourth-order valence-corrected chi connectivity index (χ4v) is 3.31. The van der Waals surface area contributed by atoms with Gasteiger partial charge in [-0.25, -0.2) is 0 Å². The number of hydrogen-bond donors (Lipinski definition) is 2. The average molecular weight is 396 g/mol. The molecule has 0 unspecified atom stereocenters. The highest BCUT2D eigenvalue weighted by Gasteiger charge is 2.16. The van der Waals surface area contributed by atoms with Crippen LogP contribution in [0.3, 0.4) is 0 Å². The van der Waals surface area contributed by atoms with E-state index in [2.05, 4.69) is 9.80 Å². The lowest BCUT2D eigenvalue weighted by Crippen LogP contribution is -2.42. The van der Waals surface area contributed by atoms with E-state index in [-0.39, 0.29) is 13.2 Å². The largest absolute Gasteiger partial charge is 0.491 e. The van der Waals surface area contributed by atoms with Gasteiger partial charge in [-0.2, -0.15) is 0 Å². The molecule has 2 heterocycles. The van der Waals surface area contributed by atoms with Crippen LogP contribution in [0.1, 0.15) is 0 Å². The van der Waals surface area contributed by atoms with Crippen LogP contribution in [0.5, 0.6) is 11.5 Å². The normalized spacial score (nSPS) is 21.2. The Morgan fingerprint density at radius 1 is 0.786 bits per heavy atom. The molecule has 1 aromatic rings. The molecule has 2 fully saturated rings. The second-order valence-corrected chi connectivity index (χ2v) is 7.23. The van der Waals surface area contributed by atoms with Crippen LogP contribution >= 0.6 is 0 Å². The third-order valence-corrected chi connectivity index (χ3v) is 4.84. The predicted molar refractivity (Wildman–Crippen MR) is 104 cm³/mol. The van der Waals surface area contributed by atoms with E-state index >= 15 is 0 Å². The van der Waals surface area contributed by atoms with Gasteiger partial charge in [0.05, 0.1) is 26.4 Å². The zero-order chi connectivity index (χ0) is 19.6. The van der Waals surface area contributed by atoms with Gasteiger partial charge in [-0.05, 0) is 12.1 Å². The van der Waals surface area contributed by atoms with Gasteiger partial charge in [0.15, 0.2) is 0 Å². The molecule has 0 spiro atoms. The molecule has 8 heteroatoms. The summed E-state index contributed by atoms with van der Waals surface area (Å²) in [6, 6.07) is 7.28. The molecule has 2 aliphatic heterocycles. The summed E-state index contributed by atoms with van der Waals surface area (Å²) in [5.74, 6) is 1.28. The van der Waals surface area contributed by atoms with Crippen molar-refractivity contribution in [3.63, 3.8) is 0 Å². The highest BCUT2D eigenvalue weighted by molar-refractivity contribution is 5.33. The van der Waals surface area contributed by atoms with E-state index in [0.717, 1.165) is 26.2 Å². The second kappa shape index (κ2) is 11.5. The minimum Gasteiger partial charge on any atom is -0.491 e. The molecule has 2 aliphatic rings. The van der Waals surface area contributed by atoms with Crippen LogP contribution in [-0.2, 0) is 9.47 Å². The highest BCUT2D eigenvalue weighted by atomic mass is 16.5. The summed E-state index contributed by atoms with van der Waals surface area (Å²) in [6.07, 6.45) is -1.11. The van der Waals surface area contributed by atoms with Gasteiger partial charge in [0.25, 0.3) is 0 Å². The standard InChI is InChI=1S/C20H32N2O6/c23-17(13-21-4-8-25-9-5-21)15-27-19-2-1-3-20(12-19)28-16-18(24)14-22-6-10-26-11-7-22/h1-3,12,17-18,23-24H,4-11,13-16H2/t17-,18-/m0/s1. The van der Waals surface area contributed by atoms with Gasteiger partial charge in [0, 0.05) is 45.3 Å². The molecule has 0 amide bonds. The zero-order valence-electron chi connectivity index (χ0n) is 16.4. The van der Waals surface area contributed by atoms with Crippen molar-refractivity contribution in [3.8, 4) is 11.5 Å². The number of β-amino-alcohol motifs (C(OH)–C–C–N with tert-alkyl or cyclic N) is 2. The van der Waals surface area contributed by atoms with Crippen molar-refractivity contribution in [1.82, 2.24) is 9.80 Å². The third-order valence-electron chi connectivity index (χ3n) is 4.84. The molecular weight excluding hydrogens is 364 g/mol. The van der Waals surface area contributed by atoms with Crippen LogP contribution in [-0.4, -0.2) is 111 Å². The zero-order valence-corrected chi connectivity index (χ0v) is 16.4. The summed E-state index contributed by atoms with van der Waals surface area (Å²) < 4.78 is 22.0. The Morgan fingerprint density at radius 2 is 1.21 bits per heavy atom. The minimum absolute atomic E-state index is 0.223. The predicted octanol–water partition coefficient (Wildman–Crippen LogP) is -0.170.